The van der Waals surface area contributed by atoms with E-state index in [1.807, 2.05) is 12.1 Å². The number of furan rings is 2. The molecule has 0 spiro atoms. The summed E-state index contributed by atoms with van der Waals surface area (Å²) in [5, 5.41) is 13.0. The van der Waals surface area contributed by atoms with Crippen LogP contribution in [0.2, 0.25) is 10.0 Å². The highest BCUT2D eigenvalue weighted by atomic mass is 35.5. The Hall–Kier alpha value is -3.25. The third kappa shape index (κ3) is 5.09. The van der Waals surface area contributed by atoms with Crippen LogP contribution >= 0.6 is 23.2 Å². The van der Waals surface area contributed by atoms with Gasteiger partial charge in [0.25, 0.3) is 0 Å². The monoisotopic (exact) mass is 453 g/mol. The Kier molecular flexibility index (Phi) is 6.28. The standard InChI is InChI=1S/C24H17Cl2NO4/c25-16-4-8-20(21(26)13-16)23-10-5-18(30-23)7-11-24(29)27-17-3-1-2-15(12-17)22-9-6-19(14-28)31-22/h1-13,28H,14H2,(H,27,29)/b11-7+. The maximum Gasteiger partial charge on any atom is 0.248 e. The fraction of sp³-hybridized carbons (Fsp3) is 0.0417. The largest absolute Gasteiger partial charge is 0.459 e. The average Bonchev–Trinajstić information content (AvgIpc) is 3.42. The zero-order valence-electron chi connectivity index (χ0n) is 16.1. The van der Waals surface area contributed by atoms with Crippen LogP contribution in [0.25, 0.3) is 28.7 Å². The molecule has 1 amide bonds. The second-order valence-electron chi connectivity index (χ2n) is 6.65. The summed E-state index contributed by atoms with van der Waals surface area (Å²) >= 11 is 12.1. The average molecular weight is 454 g/mol. The van der Waals surface area contributed by atoms with Gasteiger partial charge in [0.05, 0.1) is 5.02 Å². The SMILES string of the molecule is O=C(/C=C/c1ccc(-c2ccc(Cl)cc2Cl)o1)Nc1cccc(-c2ccc(CO)o2)c1. The van der Waals surface area contributed by atoms with Crippen LogP contribution in [-0.4, -0.2) is 11.0 Å². The number of anilines is 1. The summed E-state index contributed by atoms with van der Waals surface area (Å²) in [5.74, 6) is 1.87. The van der Waals surface area contributed by atoms with Crippen molar-refractivity contribution in [3.63, 3.8) is 0 Å². The van der Waals surface area contributed by atoms with Crippen LogP contribution in [-0.2, 0) is 11.4 Å². The molecular weight excluding hydrogens is 437 g/mol. The minimum Gasteiger partial charge on any atom is -0.459 e. The van der Waals surface area contributed by atoms with Gasteiger partial charge in [-0.3, -0.25) is 4.79 Å². The molecule has 2 aromatic carbocycles. The molecule has 0 unspecified atom stereocenters. The van der Waals surface area contributed by atoms with Crippen molar-refractivity contribution in [2.75, 3.05) is 5.32 Å². The van der Waals surface area contributed by atoms with E-state index in [4.69, 9.17) is 37.1 Å². The zero-order valence-corrected chi connectivity index (χ0v) is 17.7. The highest BCUT2D eigenvalue weighted by Crippen LogP contribution is 2.32. The number of halogens is 2. The molecule has 0 aliphatic heterocycles. The van der Waals surface area contributed by atoms with Gasteiger partial charge in [0.1, 0.15) is 29.6 Å². The van der Waals surface area contributed by atoms with E-state index in [1.54, 1.807) is 60.7 Å². The number of aliphatic hydroxyl groups is 1. The minimum atomic E-state index is -0.310. The first-order chi connectivity index (χ1) is 15.0. The number of hydrogen-bond donors (Lipinski definition) is 2. The van der Waals surface area contributed by atoms with E-state index in [1.165, 1.54) is 6.08 Å². The Balaban J connectivity index is 1.43. The maximum atomic E-state index is 12.3. The van der Waals surface area contributed by atoms with Crippen molar-refractivity contribution >= 4 is 40.9 Å². The molecule has 0 radical (unpaired) electrons. The van der Waals surface area contributed by atoms with E-state index in [-0.39, 0.29) is 12.5 Å². The lowest BCUT2D eigenvalue weighted by atomic mass is 10.1. The topological polar surface area (TPSA) is 75.6 Å². The summed E-state index contributed by atoms with van der Waals surface area (Å²) in [6.07, 6.45) is 2.96. The summed E-state index contributed by atoms with van der Waals surface area (Å²) in [6, 6.07) is 19.4. The quantitative estimate of drug-likeness (QED) is 0.320. The Morgan fingerprint density at radius 1 is 0.968 bits per heavy atom. The lowest BCUT2D eigenvalue weighted by molar-refractivity contribution is -0.111. The van der Waals surface area contributed by atoms with Gasteiger partial charge in [-0.15, -0.1) is 0 Å². The lowest BCUT2D eigenvalue weighted by Crippen LogP contribution is -2.07. The molecule has 0 saturated carbocycles. The van der Waals surface area contributed by atoms with Gasteiger partial charge in [-0.2, -0.15) is 0 Å². The first kappa shape index (κ1) is 21.0. The minimum absolute atomic E-state index is 0.167. The van der Waals surface area contributed by atoms with Crippen molar-refractivity contribution in [3.05, 3.63) is 94.4 Å². The molecule has 4 rings (SSSR count). The second kappa shape index (κ2) is 9.27. The molecule has 2 N–H and O–H groups in total. The van der Waals surface area contributed by atoms with E-state index in [9.17, 15) is 4.79 Å². The van der Waals surface area contributed by atoms with E-state index >= 15 is 0 Å². The van der Waals surface area contributed by atoms with Crippen LogP contribution in [0, 0.1) is 0 Å². The number of carbonyl (C=O) groups excluding carboxylic acids is 1. The summed E-state index contributed by atoms with van der Waals surface area (Å²) in [6.45, 7) is -0.167. The van der Waals surface area contributed by atoms with E-state index in [0.29, 0.717) is 44.3 Å². The predicted octanol–water partition coefficient (Wildman–Crippen LogP) is 6.66. The number of aliphatic hydroxyl groups excluding tert-OH is 1. The summed E-state index contributed by atoms with van der Waals surface area (Å²) in [5.41, 5.74) is 2.12. The molecule has 0 aliphatic carbocycles. The number of carbonyl (C=O) groups is 1. The normalized spacial score (nSPS) is 11.2. The molecule has 7 heteroatoms. The van der Waals surface area contributed by atoms with Gasteiger partial charge in [-0.05, 0) is 60.7 Å². The molecule has 0 bridgehead atoms. The van der Waals surface area contributed by atoms with Crippen molar-refractivity contribution < 1.29 is 18.7 Å². The van der Waals surface area contributed by atoms with Crippen LogP contribution in [0.1, 0.15) is 11.5 Å². The second-order valence-corrected chi connectivity index (χ2v) is 7.50. The van der Waals surface area contributed by atoms with Gasteiger partial charge in [0.2, 0.25) is 5.91 Å². The van der Waals surface area contributed by atoms with Gasteiger partial charge in [0.15, 0.2) is 0 Å². The Morgan fingerprint density at radius 2 is 1.81 bits per heavy atom. The zero-order chi connectivity index (χ0) is 21.8. The highest BCUT2D eigenvalue weighted by Gasteiger charge is 2.09. The predicted molar refractivity (Wildman–Crippen MR) is 122 cm³/mol. The molecule has 31 heavy (non-hydrogen) atoms. The Labute approximate surface area is 188 Å². The number of benzene rings is 2. The molecule has 2 heterocycles. The Morgan fingerprint density at radius 3 is 2.58 bits per heavy atom. The molecular formula is C24H17Cl2NO4. The van der Waals surface area contributed by atoms with Gasteiger partial charge >= 0.3 is 0 Å². The number of rotatable bonds is 6. The molecule has 2 aromatic heterocycles. The van der Waals surface area contributed by atoms with Gasteiger partial charge in [-0.25, -0.2) is 0 Å². The molecule has 4 aromatic rings. The fourth-order valence-electron chi connectivity index (χ4n) is 2.99. The van der Waals surface area contributed by atoms with Crippen LogP contribution in [0.4, 0.5) is 5.69 Å². The Bertz CT molecular complexity index is 1260. The molecule has 0 atom stereocenters. The summed E-state index contributed by atoms with van der Waals surface area (Å²) < 4.78 is 11.3. The van der Waals surface area contributed by atoms with Crippen molar-refractivity contribution in [1.82, 2.24) is 0 Å². The summed E-state index contributed by atoms with van der Waals surface area (Å²) in [7, 11) is 0. The van der Waals surface area contributed by atoms with Gasteiger partial charge in [0, 0.05) is 27.9 Å². The van der Waals surface area contributed by atoms with Crippen molar-refractivity contribution in [1.29, 1.82) is 0 Å². The smallest absolute Gasteiger partial charge is 0.248 e. The maximum absolute atomic E-state index is 12.3. The lowest BCUT2D eigenvalue weighted by Gasteiger charge is -2.04. The fourth-order valence-corrected chi connectivity index (χ4v) is 3.49. The van der Waals surface area contributed by atoms with Gasteiger partial charge < -0.3 is 19.3 Å². The molecule has 0 fully saturated rings. The molecule has 0 saturated heterocycles. The number of hydrogen-bond acceptors (Lipinski definition) is 4. The third-order valence-corrected chi connectivity index (χ3v) is 5.00. The molecule has 0 aliphatic rings. The van der Waals surface area contributed by atoms with Crippen LogP contribution in [0.3, 0.4) is 0 Å². The van der Waals surface area contributed by atoms with E-state index in [2.05, 4.69) is 5.32 Å². The first-order valence-corrected chi connectivity index (χ1v) is 10.1. The van der Waals surface area contributed by atoms with Crippen LogP contribution in [0.15, 0.2) is 81.6 Å². The van der Waals surface area contributed by atoms with Crippen molar-refractivity contribution in [2.45, 2.75) is 6.61 Å². The highest BCUT2D eigenvalue weighted by molar-refractivity contribution is 6.36. The first-order valence-electron chi connectivity index (χ1n) is 9.36. The van der Waals surface area contributed by atoms with Crippen molar-refractivity contribution in [3.8, 4) is 22.6 Å². The summed E-state index contributed by atoms with van der Waals surface area (Å²) in [4.78, 5) is 12.3. The van der Waals surface area contributed by atoms with E-state index in [0.717, 1.165) is 5.56 Å². The van der Waals surface area contributed by atoms with Crippen LogP contribution in [0.5, 0.6) is 0 Å². The molecule has 5 nitrogen and oxygen atoms in total. The van der Waals surface area contributed by atoms with E-state index < -0.39 is 0 Å². The molecule has 156 valence electrons. The number of nitrogens with one attached hydrogen (secondary N) is 1. The number of amides is 1. The van der Waals surface area contributed by atoms with Gasteiger partial charge in [-0.1, -0.05) is 35.3 Å². The van der Waals surface area contributed by atoms with Crippen LogP contribution < -0.4 is 5.32 Å². The van der Waals surface area contributed by atoms with Crippen molar-refractivity contribution in [2.24, 2.45) is 0 Å². The third-order valence-electron chi connectivity index (χ3n) is 4.45.